The number of carbonyl (C=O) groups excluding carboxylic acids is 1. The van der Waals surface area contributed by atoms with E-state index in [0.29, 0.717) is 50.9 Å². The quantitative estimate of drug-likeness (QED) is 0.425. The van der Waals surface area contributed by atoms with E-state index >= 15 is 0 Å². The van der Waals surface area contributed by atoms with Crippen molar-refractivity contribution in [3.63, 3.8) is 0 Å². The number of aromatic nitrogens is 3. The summed E-state index contributed by atoms with van der Waals surface area (Å²) in [4.78, 5) is 28.0. The first-order valence-electron chi connectivity index (χ1n) is 10.9. The molecule has 2 aliphatic heterocycles. The summed E-state index contributed by atoms with van der Waals surface area (Å²) in [5.41, 5.74) is 5.61. The van der Waals surface area contributed by atoms with Crippen LogP contribution in [0.15, 0.2) is 33.8 Å². The van der Waals surface area contributed by atoms with E-state index in [2.05, 4.69) is 30.8 Å². The van der Waals surface area contributed by atoms with Crippen LogP contribution in [0.4, 0.5) is 11.8 Å². The fourth-order valence-corrected chi connectivity index (χ4v) is 3.76. The summed E-state index contributed by atoms with van der Waals surface area (Å²) in [6.07, 6.45) is 2.46. The Bertz CT molecular complexity index is 1170. The van der Waals surface area contributed by atoms with Gasteiger partial charge in [-0.15, -0.1) is 0 Å². The minimum Gasteiger partial charge on any atom is -0.427 e. The Morgan fingerprint density at radius 1 is 1.18 bits per heavy atom. The molecule has 33 heavy (non-hydrogen) atoms. The Hall–Kier alpha value is -3.57. The molecule has 1 atom stereocenters. The van der Waals surface area contributed by atoms with Gasteiger partial charge in [-0.25, -0.2) is 5.43 Å². The number of hydrogen-bond acceptors (Lipinski definition) is 10. The zero-order chi connectivity index (χ0) is 22.6. The number of ether oxygens (including phenoxy) is 2. The number of hydrazone groups is 1. The largest absolute Gasteiger partial charge is 0.427 e. The van der Waals surface area contributed by atoms with E-state index in [1.165, 1.54) is 0 Å². The number of nitrogens with zero attached hydrogens (tertiary/aromatic N) is 5. The molecule has 172 valence electrons. The zero-order valence-electron chi connectivity index (χ0n) is 18.3. The zero-order valence-corrected chi connectivity index (χ0v) is 18.3. The average molecular weight is 451 g/mol. The minimum absolute atomic E-state index is 0.0505. The van der Waals surface area contributed by atoms with Gasteiger partial charge in [0.2, 0.25) is 17.2 Å². The summed E-state index contributed by atoms with van der Waals surface area (Å²) in [5.74, 6) is 0.356. The lowest BCUT2D eigenvalue weighted by molar-refractivity contribution is 0.0897. The number of nitrogens with one attached hydrogen (secondary N) is 2. The first-order chi connectivity index (χ1) is 16.2. The van der Waals surface area contributed by atoms with Gasteiger partial charge in [0.15, 0.2) is 5.82 Å². The SMILES string of the molecule is Cc1cccc(/C=N/Nc2nc(N3CCOCC3)c3oc(C(=O)NC4CCOC4)nc3n2)c1. The molecule has 2 saturated heterocycles. The van der Waals surface area contributed by atoms with Crippen molar-refractivity contribution >= 4 is 35.1 Å². The van der Waals surface area contributed by atoms with Gasteiger partial charge in [0.05, 0.1) is 32.1 Å². The lowest BCUT2D eigenvalue weighted by Gasteiger charge is -2.27. The second kappa shape index (κ2) is 9.51. The van der Waals surface area contributed by atoms with Crippen LogP contribution in [-0.4, -0.2) is 72.6 Å². The number of hydrogen-bond donors (Lipinski definition) is 2. The number of anilines is 2. The van der Waals surface area contributed by atoms with E-state index in [1.807, 2.05) is 36.1 Å². The van der Waals surface area contributed by atoms with E-state index in [4.69, 9.17) is 13.9 Å². The third-order valence-electron chi connectivity index (χ3n) is 5.43. The Kier molecular flexibility index (Phi) is 6.13. The first-order valence-corrected chi connectivity index (χ1v) is 10.9. The molecular weight excluding hydrogens is 426 g/mol. The smallest absolute Gasteiger partial charge is 0.307 e. The number of fused-ring (bicyclic) bond motifs is 1. The molecule has 0 spiro atoms. The van der Waals surface area contributed by atoms with Crippen LogP contribution in [0, 0.1) is 6.92 Å². The maximum atomic E-state index is 12.7. The molecule has 11 nitrogen and oxygen atoms in total. The van der Waals surface area contributed by atoms with Crippen molar-refractivity contribution in [1.82, 2.24) is 20.3 Å². The highest BCUT2D eigenvalue weighted by atomic mass is 16.5. The van der Waals surface area contributed by atoms with Crippen LogP contribution in [-0.2, 0) is 9.47 Å². The van der Waals surface area contributed by atoms with Crippen LogP contribution in [0.3, 0.4) is 0 Å². The van der Waals surface area contributed by atoms with Gasteiger partial charge in [0.1, 0.15) is 0 Å². The molecule has 4 heterocycles. The molecule has 1 unspecified atom stereocenters. The molecule has 0 radical (unpaired) electrons. The summed E-state index contributed by atoms with van der Waals surface area (Å²) in [5, 5.41) is 7.15. The second-order valence-corrected chi connectivity index (χ2v) is 7.96. The van der Waals surface area contributed by atoms with Crippen LogP contribution >= 0.6 is 0 Å². The van der Waals surface area contributed by atoms with Gasteiger partial charge in [0.25, 0.3) is 5.89 Å². The number of oxazole rings is 1. The van der Waals surface area contributed by atoms with Gasteiger partial charge in [-0.05, 0) is 18.9 Å². The normalized spacial score (nSPS) is 18.8. The maximum absolute atomic E-state index is 12.7. The monoisotopic (exact) mass is 451 g/mol. The highest BCUT2D eigenvalue weighted by Crippen LogP contribution is 2.27. The molecule has 0 aliphatic carbocycles. The fourth-order valence-electron chi connectivity index (χ4n) is 3.76. The van der Waals surface area contributed by atoms with E-state index in [1.54, 1.807) is 6.21 Å². The highest BCUT2D eigenvalue weighted by Gasteiger charge is 2.26. The number of amides is 1. The standard InChI is InChI=1S/C22H25N7O4/c1-14-3-2-4-15(11-14)12-23-28-22-26-18-17(19(27-22)29-6-9-31-10-7-29)33-21(25-18)20(30)24-16-5-8-32-13-16/h2-4,11-12,16H,5-10,13H2,1H3,(H,24,30)(H,26,27,28)/b23-12+. The molecule has 2 N–H and O–H groups in total. The van der Waals surface area contributed by atoms with Crippen molar-refractivity contribution in [3.05, 3.63) is 41.3 Å². The summed E-state index contributed by atoms with van der Waals surface area (Å²) in [6, 6.07) is 7.92. The van der Waals surface area contributed by atoms with Gasteiger partial charge in [-0.2, -0.15) is 20.1 Å². The Morgan fingerprint density at radius 3 is 2.85 bits per heavy atom. The van der Waals surface area contributed by atoms with Gasteiger partial charge in [0, 0.05) is 19.7 Å². The molecule has 2 fully saturated rings. The van der Waals surface area contributed by atoms with Crippen molar-refractivity contribution in [2.24, 2.45) is 5.10 Å². The van der Waals surface area contributed by atoms with Crippen LogP contribution in [0.2, 0.25) is 0 Å². The maximum Gasteiger partial charge on any atom is 0.307 e. The minimum atomic E-state index is -0.400. The number of benzene rings is 1. The van der Waals surface area contributed by atoms with E-state index < -0.39 is 5.91 Å². The van der Waals surface area contributed by atoms with Crippen molar-refractivity contribution in [1.29, 1.82) is 0 Å². The molecule has 1 aromatic carbocycles. The van der Waals surface area contributed by atoms with Crippen molar-refractivity contribution in [2.75, 3.05) is 49.8 Å². The lowest BCUT2D eigenvalue weighted by Crippen LogP contribution is -2.37. The molecule has 11 heteroatoms. The van der Waals surface area contributed by atoms with Crippen molar-refractivity contribution < 1.29 is 18.7 Å². The van der Waals surface area contributed by atoms with Crippen LogP contribution in [0.1, 0.15) is 28.2 Å². The molecule has 2 aromatic heterocycles. The molecule has 5 rings (SSSR count). The Labute approximate surface area is 190 Å². The topological polar surface area (TPSA) is 127 Å². The molecule has 1 amide bonds. The first kappa shape index (κ1) is 21.3. The van der Waals surface area contributed by atoms with Gasteiger partial charge in [-0.3, -0.25) is 4.79 Å². The van der Waals surface area contributed by atoms with Gasteiger partial charge < -0.3 is 24.1 Å². The van der Waals surface area contributed by atoms with Gasteiger partial charge in [-0.1, -0.05) is 29.8 Å². The number of morpholine rings is 1. The molecular formula is C22H25N7O4. The summed E-state index contributed by atoms with van der Waals surface area (Å²) >= 11 is 0. The van der Waals surface area contributed by atoms with E-state index in [-0.39, 0.29) is 23.5 Å². The summed E-state index contributed by atoms with van der Waals surface area (Å²) in [7, 11) is 0. The third-order valence-corrected chi connectivity index (χ3v) is 5.43. The molecule has 3 aromatic rings. The van der Waals surface area contributed by atoms with Crippen molar-refractivity contribution in [2.45, 2.75) is 19.4 Å². The second-order valence-electron chi connectivity index (χ2n) is 7.96. The molecule has 0 saturated carbocycles. The van der Waals surface area contributed by atoms with Crippen LogP contribution < -0.4 is 15.6 Å². The van der Waals surface area contributed by atoms with Crippen molar-refractivity contribution in [3.8, 4) is 0 Å². The molecule has 0 bridgehead atoms. The number of carbonyl (C=O) groups is 1. The van der Waals surface area contributed by atoms with Crippen LogP contribution in [0.25, 0.3) is 11.2 Å². The predicted molar refractivity (Wildman–Crippen MR) is 122 cm³/mol. The Balaban J connectivity index is 1.43. The van der Waals surface area contributed by atoms with Crippen LogP contribution in [0.5, 0.6) is 0 Å². The predicted octanol–water partition coefficient (Wildman–Crippen LogP) is 1.73. The Morgan fingerprint density at radius 2 is 2.06 bits per heavy atom. The third kappa shape index (κ3) is 4.94. The van der Waals surface area contributed by atoms with Gasteiger partial charge >= 0.3 is 5.91 Å². The molecule has 2 aliphatic rings. The lowest BCUT2D eigenvalue weighted by atomic mass is 10.2. The number of rotatable bonds is 6. The van der Waals surface area contributed by atoms with E-state index in [9.17, 15) is 4.79 Å². The fraction of sp³-hybridized carbons (Fsp3) is 0.409. The number of aryl methyl sites for hydroxylation is 1. The summed E-state index contributed by atoms with van der Waals surface area (Å²) < 4.78 is 16.6. The average Bonchev–Trinajstić information content (AvgIpc) is 3.49. The van der Waals surface area contributed by atoms with E-state index in [0.717, 1.165) is 17.5 Å². The summed E-state index contributed by atoms with van der Waals surface area (Å²) in [6.45, 7) is 5.56. The highest BCUT2D eigenvalue weighted by molar-refractivity contribution is 5.94.